The number of alkyl halides is 3. The van der Waals surface area contributed by atoms with Crippen LogP contribution in [0, 0.1) is 0 Å². The summed E-state index contributed by atoms with van der Waals surface area (Å²) >= 11 is 1.17. The molecule has 0 aliphatic carbocycles. The standard InChI is InChI=1S/C11H10F3N3O2S/c12-11(13,14)8(18)4-16-9(19)5-1-2-6-7(3-5)20-10(15)17-6/h1-3,8,18H,4H2,(H2,15,17)(H,16,19). The SMILES string of the molecule is Nc1nc2ccc(C(=O)NCC(O)C(F)(F)F)cc2s1. The van der Waals surface area contributed by atoms with E-state index in [1.54, 1.807) is 6.07 Å². The van der Waals surface area contributed by atoms with Gasteiger partial charge in [-0.2, -0.15) is 13.2 Å². The predicted octanol–water partition coefficient (Wildman–Crippen LogP) is 1.53. The first-order valence-electron chi connectivity index (χ1n) is 5.46. The molecular formula is C11H10F3N3O2S. The highest BCUT2D eigenvalue weighted by Gasteiger charge is 2.38. The monoisotopic (exact) mass is 305 g/mol. The smallest absolute Gasteiger partial charge is 0.382 e. The van der Waals surface area contributed by atoms with E-state index in [0.717, 1.165) is 0 Å². The summed E-state index contributed by atoms with van der Waals surface area (Å²) in [5, 5.41) is 11.2. The van der Waals surface area contributed by atoms with Crippen LogP contribution in [-0.4, -0.2) is 34.8 Å². The Balaban J connectivity index is 2.07. The number of benzene rings is 1. The Morgan fingerprint density at radius 3 is 2.85 bits per heavy atom. The van der Waals surface area contributed by atoms with Crippen molar-refractivity contribution in [1.82, 2.24) is 10.3 Å². The van der Waals surface area contributed by atoms with Crippen molar-refractivity contribution in [2.45, 2.75) is 12.3 Å². The molecule has 2 aromatic rings. The summed E-state index contributed by atoms with van der Waals surface area (Å²) < 4.78 is 36.9. The molecule has 0 radical (unpaired) electrons. The van der Waals surface area contributed by atoms with Crippen molar-refractivity contribution in [2.75, 3.05) is 12.3 Å². The first-order chi connectivity index (χ1) is 9.27. The number of carbonyl (C=O) groups excluding carboxylic acids is 1. The number of carbonyl (C=O) groups is 1. The molecule has 5 nitrogen and oxygen atoms in total. The summed E-state index contributed by atoms with van der Waals surface area (Å²) in [4.78, 5) is 15.7. The molecule has 0 aliphatic heterocycles. The van der Waals surface area contributed by atoms with E-state index in [1.807, 2.05) is 5.32 Å². The summed E-state index contributed by atoms with van der Waals surface area (Å²) in [5.41, 5.74) is 6.30. The molecule has 0 aliphatic rings. The molecule has 20 heavy (non-hydrogen) atoms. The third-order valence-electron chi connectivity index (χ3n) is 2.50. The average Bonchev–Trinajstić information content (AvgIpc) is 2.73. The molecule has 0 saturated heterocycles. The second kappa shape index (κ2) is 5.25. The molecule has 0 bridgehead atoms. The molecule has 0 spiro atoms. The normalized spacial score (nSPS) is 13.4. The van der Waals surface area contributed by atoms with E-state index in [4.69, 9.17) is 10.8 Å². The third-order valence-corrected chi connectivity index (χ3v) is 3.35. The van der Waals surface area contributed by atoms with Gasteiger partial charge in [-0.1, -0.05) is 11.3 Å². The molecule has 9 heteroatoms. The second-order valence-corrected chi connectivity index (χ2v) is 5.06. The number of anilines is 1. The van der Waals surface area contributed by atoms with Gasteiger partial charge in [0.15, 0.2) is 11.2 Å². The number of nitrogen functional groups attached to an aromatic ring is 1. The van der Waals surface area contributed by atoms with Gasteiger partial charge in [-0.25, -0.2) is 4.98 Å². The van der Waals surface area contributed by atoms with Gasteiger partial charge in [0.05, 0.1) is 16.8 Å². The number of fused-ring (bicyclic) bond motifs is 1. The zero-order chi connectivity index (χ0) is 14.9. The number of rotatable bonds is 3. The number of nitrogens with zero attached hydrogens (tertiary/aromatic N) is 1. The number of nitrogens with one attached hydrogen (secondary N) is 1. The lowest BCUT2D eigenvalue weighted by Crippen LogP contribution is -2.40. The Kier molecular flexibility index (Phi) is 3.82. The van der Waals surface area contributed by atoms with E-state index in [-0.39, 0.29) is 5.56 Å². The first kappa shape index (κ1) is 14.5. The van der Waals surface area contributed by atoms with Crippen molar-refractivity contribution in [3.05, 3.63) is 23.8 Å². The van der Waals surface area contributed by atoms with E-state index >= 15 is 0 Å². The average molecular weight is 305 g/mol. The summed E-state index contributed by atoms with van der Waals surface area (Å²) in [6.07, 6.45) is -7.35. The fraction of sp³-hybridized carbons (Fsp3) is 0.273. The van der Waals surface area contributed by atoms with Gasteiger partial charge in [-0.15, -0.1) is 0 Å². The molecule has 0 saturated carbocycles. The van der Waals surface area contributed by atoms with Crippen molar-refractivity contribution in [3.8, 4) is 0 Å². The number of aliphatic hydroxyl groups is 1. The molecule has 0 fully saturated rings. The Labute approximate surface area is 115 Å². The predicted molar refractivity (Wildman–Crippen MR) is 68.4 cm³/mol. The summed E-state index contributed by atoms with van der Waals surface area (Å²) in [6.45, 7) is -0.898. The molecule has 4 N–H and O–H groups in total. The Morgan fingerprint density at radius 1 is 1.50 bits per heavy atom. The molecule has 1 amide bonds. The number of thiazole rings is 1. The molecule has 1 heterocycles. The number of halogens is 3. The van der Waals surface area contributed by atoms with E-state index in [9.17, 15) is 18.0 Å². The van der Waals surface area contributed by atoms with Crippen molar-refractivity contribution >= 4 is 32.6 Å². The van der Waals surface area contributed by atoms with Crippen molar-refractivity contribution in [1.29, 1.82) is 0 Å². The molecule has 1 atom stereocenters. The fourth-order valence-corrected chi connectivity index (χ4v) is 2.26. The highest BCUT2D eigenvalue weighted by molar-refractivity contribution is 7.22. The van der Waals surface area contributed by atoms with Crippen molar-refractivity contribution in [3.63, 3.8) is 0 Å². The number of nitrogens with two attached hydrogens (primary N) is 1. The minimum Gasteiger partial charge on any atom is -0.382 e. The molecule has 1 unspecified atom stereocenters. The van der Waals surface area contributed by atoms with Crippen LogP contribution in [0.1, 0.15) is 10.4 Å². The Hall–Kier alpha value is -1.87. The van der Waals surface area contributed by atoms with Crippen LogP contribution in [0.3, 0.4) is 0 Å². The van der Waals surface area contributed by atoms with E-state index in [2.05, 4.69) is 4.98 Å². The number of hydrogen-bond acceptors (Lipinski definition) is 5. The summed E-state index contributed by atoms with van der Waals surface area (Å²) in [7, 11) is 0. The molecule has 1 aromatic heterocycles. The van der Waals surface area contributed by atoms with Crippen molar-refractivity contribution < 1.29 is 23.1 Å². The summed E-state index contributed by atoms with van der Waals surface area (Å²) in [5.74, 6) is -0.706. The van der Waals surface area contributed by atoms with Gasteiger partial charge in [0.25, 0.3) is 5.91 Å². The molecule has 2 rings (SSSR count). The van der Waals surface area contributed by atoms with Gasteiger partial charge in [0, 0.05) is 5.56 Å². The Morgan fingerprint density at radius 2 is 2.20 bits per heavy atom. The van der Waals surface area contributed by atoms with Gasteiger partial charge >= 0.3 is 6.18 Å². The van der Waals surface area contributed by atoms with Crippen LogP contribution in [-0.2, 0) is 0 Å². The van der Waals surface area contributed by atoms with E-state index < -0.39 is 24.7 Å². The highest BCUT2D eigenvalue weighted by Crippen LogP contribution is 2.24. The Bertz CT molecular complexity index is 641. The van der Waals surface area contributed by atoms with Gasteiger partial charge in [-0.05, 0) is 18.2 Å². The topological polar surface area (TPSA) is 88.2 Å². The summed E-state index contributed by atoms with van der Waals surface area (Å²) in [6, 6.07) is 4.47. The molecular weight excluding hydrogens is 295 g/mol. The number of aliphatic hydroxyl groups excluding tert-OH is 1. The van der Waals surface area contributed by atoms with Crippen LogP contribution in [0.2, 0.25) is 0 Å². The van der Waals surface area contributed by atoms with Crippen LogP contribution >= 0.6 is 11.3 Å². The minimum atomic E-state index is -4.76. The number of aromatic nitrogens is 1. The van der Waals surface area contributed by atoms with Gasteiger partial charge in [0.2, 0.25) is 0 Å². The lowest BCUT2D eigenvalue weighted by atomic mass is 10.2. The fourth-order valence-electron chi connectivity index (χ4n) is 1.49. The van der Waals surface area contributed by atoms with Crippen LogP contribution < -0.4 is 11.1 Å². The zero-order valence-electron chi connectivity index (χ0n) is 9.94. The van der Waals surface area contributed by atoms with Crippen molar-refractivity contribution in [2.24, 2.45) is 0 Å². The minimum absolute atomic E-state index is 0.176. The van der Waals surface area contributed by atoms with E-state index in [0.29, 0.717) is 15.3 Å². The number of hydrogen-bond donors (Lipinski definition) is 3. The molecule has 1 aromatic carbocycles. The second-order valence-electron chi connectivity index (χ2n) is 4.00. The maximum atomic E-state index is 12.1. The van der Waals surface area contributed by atoms with Gasteiger partial charge < -0.3 is 16.2 Å². The maximum absolute atomic E-state index is 12.1. The zero-order valence-corrected chi connectivity index (χ0v) is 10.8. The van der Waals surface area contributed by atoms with Gasteiger partial charge in [-0.3, -0.25) is 4.79 Å². The van der Waals surface area contributed by atoms with Gasteiger partial charge in [0.1, 0.15) is 0 Å². The van der Waals surface area contributed by atoms with Crippen LogP contribution in [0.4, 0.5) is 18.3 Å². The highest BCUT2D eigenvalue weighted by atomic mass is 32.1. The lowest BCUT2D eigenvalue weighted by molar-refractivity contribution is -0.201. The maximum Gasteiger partial charge on any atom is 0.416 e. The van der Waals surface area contributed by atoms with Crippen LogP contribution in [0.15, 0.2) is 18.2 Å². The quantitative estimate of drug-likeness (QED) is 0.802. The largest absolute Gasteiger partial charge is 0.416 e. The third kappa shape index (κ3) is 3.17. The lowest BCUT2D eigenvalue weighted by Gasteiger charge is -2.14. The molecule has 108 valence electrons. The first-order valence-corrected chi connectivity index (χ1v) is 6.28. The van der Waals surface area contributed by atoms with E-state index in [1.165, 1.54) is 23.5 Å². The number of amides is 1. The van der Waals surface area contributed by atoms with Crippen LogP contribution in [0.5, 0.6) is 0 Å². The van der Waals surface area contributed by atoms with Crippen LogP contribution in [0.25, 0.3) is 10.2 Å².